The Balaban J connectivity index is 2.87. The molecule has 0 bridgehead atoms. The van der Waals surface area contributed by atoms with Gasteiger partial charge in [0.1, 0.15) is 0 Å². The van der Waals surface area contributed by atoms with Gasteiger partial charge in [-0.25, -0.2) is 0 Å². The van der Waals surface area contributed by atoms with E-state index in [1.54, 1.807) is 7.11 Å². The molecule has 114 valence electrons. The topological polar surface area (TPSA) is 38.5 Å². The summed E-state index contributed by atoms with van der Waals surface area (Å²) in [6.45, 7) is 11.9. The summed E-state index contributed by atoms with van der Waals surface area (Å²) in [5.41, 5.74) is 6.42. The fourth-order valence-corrected chi connectivity index (χ4v) is 3.58. The van der Waals surface area contributed by atoms with Gasteiger partial charge in [-0.2, -0.15) is 0 Å². The van der Waals surface area contributed by atoms with Crippen LogP contribution in [-0.4, -0.2) is 43.3 Å². The van der Waals surface area contributed by atoms with Crippen LogP contribution in [0.3, 0.4) is 0 Å². The molecule has 0 aromatic carbocycles. The summed E-state index contributed by atoms with van der Waals surface area (Å²) in [5.74, 6) is 1.60. The molecular formula is C16H34N2O. The number of nitrogens with two attached hydrogens (primary N) is 1. The van der Waals surface area contributed by atoms with E-state index >= 15 is 0 Å². The number of nitrogens with zero attached hydrogens (tertiary/aromatic N) is 1. The molecule has 3 heteroatoms. The second-order valence-corrected chi connectivity index (χ2v) is 6.57. The van der Waals surface area contributed by atoms with E-state index in [1.165, 1.54) is 25.7 Å². The van der Waals surface area contributed by atoms with Crippen LogP contribution in [-0.2, 0) is 4.74 Å². The van der Waals surface area contributed by atoms with Crippen molar-refractivity contribution in [2.75, 3.05) is 26.8 Å². The molecule has 19 heavy (non-hydrogen) atoms. The first kappa shape index (κ1) is 16.9. The molecule has 3 nitrogen and oxygen atoms in total. The van der Waals surface area contributed by atoms with Gasteiger partial charge in [0.25, 0.3) is 0 Å². The van der Waals surface area contributed by atoms with Crippen molar-refractivity contribution in [1.29, 1.82) is 0 Å². The summed E-state index contributed by atoms with van der Waals surface area (Å²) >= 11 is 0. The third kappa shape index (κ3) is 3.93. The van der Waals surface area contributed by atoms with Crippen LogP contribution in [0.2, 0.25) is 0 Å². The second-order valence-electron chi connectivity index (χ2n) is 6.57. The number of methoxy groups -OCH3 is 1. The largest absolute Gasteiger partial charge is 0.383 e. The lowest BCUT2D eigenvalue weighted by atomic mass is 9.70. The molecule has 0 aromatic rings. The molecule has 0 amide bonds. The first-order valence-electron chi connectivity index (χ1n) is 7.96. The number of hydrogen-bond donors (Lipinski definition) is 1. The van der Waals surface area contributed by atoms with Gasteiger partial charge in [-0.05, 0) is 44.4 Å². The minimum Gasteiger partial charge on any atom is -0.383 e. The lowest BCUT2D eigenvalue weighted by Crippen LogP contribution is -2.60. The zero-order valence-corrected chi connectivity index (χ0v) is 13.6. The Morgan fingerprint density at radius 1 is 1.37 bits per heavy atom. The maximum absolute atomic E-state index is 6.23. The van der Waals surface area contributed by atoms with Crippen molar-refractivity contribution in [3.05, 3.63) is 0 Å². The van der Waals surface area contributed by atoms with Crippen molar-refractivity contribution in [3.8, 4) is 0 Å². The quantitative estimate of drug-likeness (QED) is 0.773. The highest BCUT2D eigenvalue weighted by Crippen LogP contribution is 2.40. The van der Waals surface area contributed by atoms with Crippen LogP contribution in [0.5, 0.6) is 0 Å². The monoisotopic (exact) mass is 270 g/mol. The molecule has 1 fully saturated rings. The average molecular weight is 270 g/mol. The molecule has 0 heterocycles. The van der Waals surface area contributed by atoms with Crippen LogP contribution in [0.15, 0.2) is 0 Å². The van der Waals surface area contributed by atoms with Crippen molar-refractivity contribution in [1.82, 2.24) is 4.90 Å². The van der Waals surface area contributed by atoms with Crippen LogP contribution in [0, 0.1) is 11.8 Å². The molecule has 0 aromatic heterocycles. The van der Waals surface area contributed by atoms with Gasteiger partial charge in [-0.15, -0.1) is 0 Å². The van der Waals surface area contributed by atoms with E-state index < -0.39 is 0 Å². The molecule has 2 N–H and O–H groups in total. The highest BCUT2D eigenvalue weighted by molar-refractivity contribution is 4.98. The summed E-state index contributed by atoms with van der Waals surface area (Å²) in [6.07, 6.45) is 4.95. The predicted octanol–water partition coefficient (Wildman–Crippen LogP) is 2.89. The predicted molar refractivity (Wildman–Crippen MR) is 82.3 cm³/mol. The van der Waals surface area contributed by atoms with Crippen LogP contribution < -0.4 is 5.73 Å². The van der Waals surface area contributed by atoms with Crippen molar-refractivity contribution < 1.29 is 4.74 Å². The summed E-state index contributed by atoms with van der Waals surface area (Å²) in [4.78, 5) is 2.64. The van der Waals surface area contributed by atoms with E-state index in [4.69, 9.17) is 10.5 Å². The van der Waals surface area contributed by atoms with Gasteiger partial charge in [-0.3, -0.25) is 4.90 Å². The Bertz CT molecular complexity index is 259. The van der Waals surface area contributed by atoms with Gasteiger partial charge in [0.15, 0.2) is 0 Å². The molecule has 1 aliphatic rings. The van der Waals surface area contributed by atoms with Crippen molar-refractivity contribution in [2.24, 2.45) is 17.6 Å². The normalized spacial score (nSPS) is 33.6. The number of rotatable bonds is 7. The van der Waals surface area contributed by atoms with Crippen LogP contribution >= 0.6 is 0 Å². The first-order valence-corrected chi connectivity index (χ1v) is 7.96. The van der Waals surface area contributed by atoms with Gasteiger partial charge in [0, 0.05) is 31.8 Å². The van der Waals surface area contributed by atoms with Crippen LogP contribution in [0.25, 0.3) is 0 Å². The standard InChI is InChI=1S/C16H34N2O/c1-6-15(4)18(9-10-19-5)16(12-17)8-7-13(2)14(3)11-16/h13-15H,6-12,17H2,1-5H3. The van der Waals surface area contributed by atoms with Gasteiger partial charge in [-0.1, -0.05) is 20.8 Å². The lowest BCUT2D eigenvalue weighted by molar-refractivity contribution is -0.0194. The highest BCUT2D eigenvalue weighted by Gasteiger charge is 2.42. The van der Waals surface area contributed by atoms with Gasteiger partial charge in [0.05, 0.1) is 6.61 Å². The molecule has 0 saturated heterocycles. The van der Waals surface area contributed by atoms with Crippen molar-refractivity contribution >= 4 is 0 Å². The molecule has 0 radical (unpaired) electrons. The molecule has 4 atom stereocenters. The fourth-order valence-electron chi connectivity index (χ4n) is 3.58. The van der Waals surface area contributed by atoms with E-state index in [0.29, 0.717) is 6.04 Å². The molecule has 4 unspecified atom stereocenters. The lowest BCUT2D eigenvalue weighted by Gasteiger charge is -2.51. The molecule has 0 spiro atoms. The Morgan fingerprint density at radius 2 is 2.05 bits per heavy atom. The Labute approximate surface area is 119 Å². The van der Waals surface area contributed by atoms with Gasteiger partial charge in [0.2, 0.25) is 0 Å². The zero-order valence-electron chi connectivity index (χ0n) is 13.6. The highest BCUT2D eigenvalue weighted by atomic mass is 16.5. The maximum atomic E-state index is 6.23. The second kappa shape index (κ2) is 7.61. The molecule has 1 saturated carbocycles. The smallest absolute Gasteiger partial charge is 0.0590 e. The van der Waals surface area contributed by atoms with E-state index in [-0.39, 0.29) is 5.54 Å². The zero-order chi connectivity index (χ0) is 14.5. The van der Waals surface area contributed by atoms with E-state index in [1.807, 2.05) is 0 Å². The van der Waals surface area contributed by atoms with Gasteiger partial charge < -0.3 is 10.5 Å². The number of hydrogen-bond acceptors (Lipinski definition) is 3. The Kier molecular flexibility index (Phi) is 6.78. The van der Waals surface area contributed by atoms with E-state index in [2.05, 4.69) is 32.6 Å². The summed E-state index contributed by atoms with van der Waals surface area (Å²) in [6, 6.07) is 0.583. The summed E-state index contributed by atoms with van der Waals surface area (Å²) < 4.78 is 5.31. The van der Waals surface area contributed by atoms with Gasteiger partial charge >= 0.3 is 0 Å². The maximum Gasteiger partial charge on any atom is 0.0590 e. The first-order chi connectivity index (χ1) is 9.00. The summed E-state index contributed by atoms with van der Waals surface area (Å²) in [5, 5.41) is 0. The van der Waals surface area contributed by atoms with Crippen molar-refractivity contribution in [2.45, 2.75) is 65.0 Å². The third-order valence-electron chi connectivity index (χ3n) is 5.39. The molecule has 0 aliphatic heterocycles. The third-order valence-corrected chi connectivity index (χ3v) is 5.39. The average Bonchev–Trinajstić information content (AvgIpc) is 2.42. The van der Waals surface area contributed by atoms with E-state index in [0.717, 1.165) is 31.5 Å². The molecule has 1 rings (SSSR count). The molecular weight excluding hydrogens is 236 g/mol. The van der Waals surface area contributed by atoms with Crippen LogP contribution in [0.4, 0.5) is 0 Å². The Morgan fingerprint density at radius 3 is 2.53 bits per heavy atom. The number of ether oxygens (including phenoxy) is 1. The van der Waals surface area contributed by atoms with Crippen molar-refractivity contribution in [3.63, 3.8) is 0 Å². The SMILES string of the molecule is CCC(C)N(CCOC)C1(CN)CCC(C)C(C)C1. The Hall–Kier alpha value is -0.120. The van der Waals surface area contributed by atoms with Crippen LogP contribution in [0.1, 0.15) is 53.4 Å². The summed E-state index contributed by atoms with van der Waals surface area (Å²) in [7, 11) is 1.79. The molecule has 1 aliphatic carbocycles. The fraction of sp³-hybridized carbons (Fsp3) is 1.00. The van der Waals surface area contributed by atoms with E-state index in [9.17, 15) is 0 Å². The minimum atomic E-state index is 0.194. The minimum absolute atomic E-state index is 0.194.